The number of aromatic nitrogens is 2. The molecule has 1 aliphatic rings. The Morgan fingerprint density at radius 2 is 1.77 bits per heavy atom. The molecule has 3 aromatic carbocycles. The fourth-order valence-corrected chi connectivity index (χ4v) is 7.69. The van der Waals surface area contributed by atoms with Crippen molar-refractivity contribution < 1.29 is 14.3 Å². The largest absolute Gasteiger partial charge is 0.491 e. The average Bonchev–Trinajstić information content (AvgIpc) is 3.47. The first-order valence-electron chi connectivity index (χ1n) is 19.2. The molecule has 8 heteroatoms. The Balaban J connectivity index is 1.28. The van der Waals surface area contributed by atoms with Gasteiger partial charge in [0.05, 0.1) is 18.6 Å². The lowest BCUT2D eigenvalue weighted by Gasteiger charge is -2.30. The maximum absolute atomic E-state index is 13.8. The quantitative estimate of drug-likeness (QED) is 0.0815. The minimum Gasteiger partial charge on any atom is -0.491 e. The standard InChI is InChI=1S/C44H58N4O3S/c1-7-9-23-50-24-25-51-40-16-12-35(13-17-40)36-14-18-42-38(28-36)29-37(11-10-22-47(42)30-32(3)4)44(49)46-39-15-19-43(33(5)27-39)52-26-20-41-34(6)45-31-48(41)21-8-2/h12-19,27-29,31-32H,7-11,20-26,30H2,1-6H3,(H,46,49). The molecule has 1 N–H and O–H groups in total. The van der Waals surface area contributed by atoms with Crippen molar-refractivity contribution in [2.75, 3.05) is 48.9 Å². The van der Waals surface area contributed by atoms with Crippen molar-refractivity contribution in [3.05, 3.63) is 95.1 Å². The van der Waals surface area contributed by atoms with Crippen LogP contribution in [0.4, 0.5) is 11.4 Å². The normalized spacial score (nSPS) is 13.1. The first-order chi connectivity index (χ1) is 25.2. The average molecular weight is 723 g/mol. The zero-order chi connectivity index (χ0) is 36.9. The number of carbonyl (C=O) groups is 1. The third-order valence-corrected chi connectivity index (χ3v) is 10.6. The van der Waals surface area contributed by atoms with Crippen LogP contribution in [-0.4, -0.2) is 54.1 Å². The highest BCUT2D eigenvalue weighted by Crippen LogP contribution is 2.34. The molecule has 0 fully saturated rings. The van der Waals surface area contributed by atoms with Crippen molar-refractivity contribution in [1.82, 2.24) is 9.55 Å². The van der Waals surface area contributed by atoms with Crippen LogP contribution in [0.5, 0.6) is 5.75 Å². The predicted molar refractivity (Wildman–Crippen MR) is 219 cm³/mol. The molecule has 0 bridgehead atoms. The maximum Gasteiger partial charge on any atom is 0.251 e. The van der Waals surface area contributed by atoms with Gasteiger partial charge in [0.25, 0.3) is 5.91 Å². The van der Waals surface area contributed by atoms with Gasteiger partial charge in [-0.15, -0.1) is 11.8 Å². The van der Waals surface area contributed by atoms with Crippen molar-refractivity contribution in [3.8, 4) is 16.9 Å². The highest BCUT2D eigenvalue weighted by molar-refractivity contribution is 7.99. The summed E-state index contributed by atoms with van der Waals surface area (Å²) in [6, 6.07) is 21.2. The van der Waals surface area contributed by atoms with E-state index in [2.05, 4.69) is 110 Å². The van der Waals surface area contributed by atoms with Crippen LogP contribution in [0.2, 0.25) is 0 Å². The number of rotatable bonds is 18. The fourth-order valence-electron chi connectivity index (χ4n) is 6.72. The Hall–Kier alpha value is -4.01. The number of thioether (sulfide) groups is 1. The highest BCUT2D eigenvalue weighted by atomic mass is 32.2. The SMILES string of the molecule is CCCCOCCOc1ccc(-c2ccc3c(c2)C=C(C(=O)Nc2ccc(SCCc4c(C)ncn4CCC)c(C)c2)CCCN3CC(C)C)cc1. The molecule has 1 amide bonds. The molecule has 0 aliphatic carbocycles. The Kier molecular flexibility index (Phi) is 14.9. The Morgan fingerprint density at radius 3 is 2.52 bits per heavy atom. The molecule has 1 aromatic heterocycles. The lowest BCUT2D eigenvalue weighted by atomic mass is 9.96. The van der Waals surface area contributed by atoms with E-state index in [1.165, 1.54) is 21.8 Å². The van der Waals surface area contributed by atoms with Gasteiger partial charge >= 0.3 is 0 Å². The van der Waals surface area contributed by atoms with Gasteiger partial charge in [-0.3, -0.25) is 4.79 Å². The number of nitrogens with one attached hydrogen (secondary N) is 1. The number of aryl methyl sites for hydroxylation is 3. The van der Waals surface area contributed by atoms with Gasteiger partial charge in [-0.05, 0) is 123 Å². The lowest BCUT2D eigenvalue weighted by Crippen LogP contribution is -2.30. The number of anilines is 2. The second-order valence-corrected chi connectivity index (χ2v) is 15.4. The molecule has 0 unspecified atom stereocenters. The van der Waals surface area contributed by atoms with E-state index in [1.54, 1.807) is 0 Å². The number of unbranched alkanes of at least 4 members (excludes halogenated alkanes) is 1. The third kappa shape index (κ3) is 11.0. The molecular formula is C44H58N4O3S. The summed E-state index contributed by atoms with van der Waals surface area (Å²) in [5, 5.41) is 3.23. The van der Waals surface area contributed by atoms with E-state index < -0.39 is 0 Å². The van der Waals surface area contributed by atoms with Gasteiger partial charge in [0.2, 0.25) is 0 Å². The van der Waals surface area contributed by atoms with Gasteiger partial charge in [-0.1, -0.05) is 52.3 Å². The number of fused-ring (bicyclic) bond motifs is 1. The minimum absolute atomic E-state index is 0.0340. The van der Waals surface area contributed by atoms with E-state index in [1.807, 2.05) is 36.3 Å². The number of benzene rings is 3. The number of ether oxygens (including phenoxy) is 2. The monoisotopic (exact) mass is 722 g/mol. The molecule has 0 saturated heterocycles. The van der Waals surface area contributed by atoms with Crippen molar-refractivity contribution in [1.29, 1.82) is 0 Å². The first kappa shape index (κ1) is 39.2. The van der Waals surface area contributed by atoms with Crippen LogP contribution in [0, 0.1) is 19.8 Å². The summed E-state index contributed by atoms with van der Waals surface area (Å²) in [6.45, 7) is 17.9. The zero-order valence-corrected chi connectivity index (χ0v) is 33.0. The first-order valence-corrected chi connectivity index (χ1v) is 20.2. The summed E-state index contributed by atoms with van der Waals surface area (Å²) in [4.78, 5) is 22.1. The molecule has 0 saturated carbocycles. The number of nitrogens with zero attached hydrogens (tertiary/aromatic N) is 3. The van der Waals surface area contributed by atoms with Crippen LogP contribution in [0.25, 0.3) is 17.2 Å². The molecule has 2 heterocycles. The number of hydrogen-bond donors (Lipinski definition) is 1. The number of hydrogen-bond acceptors (Lipinski definition) is 6. The van der Waals surface area contributed by atoms with E-state index in [0.717, 1.165) is 110 Å². The fraction of sp³-hybridized carbons (Fsp3) is 0.455. The zero-order valence-electron chi connectivity index (χ0n) is 32.2. The van der Waals surface area contributed by atoms with Gasteiger partial charge < -0.3 is 24.3 Å². The number of carbonyl (C=O) groups excluding carboxylic acids is 1. The minimum atomic E-state index is -0.0340. The van der Waals surface area contributed by atoms with E-state index in [0.29, 0.717) is 19.1 Å². The lowest BCUT2D eigenvalue weighted by molar-refractivity contribution is -0.112. The van der Waals surface area contributed by atoms with Crippen molar-refractivity contribution in [3.63, 3.8) is 0 Å². The summed E-state index contributed by atoms with van der Waals surface area (Å²) >= 11 is 1.86. The molecule has 278 valence electrons. The van der Waals surface area contributed by atoms with Gasteiger partial charge in [-0.25, -0.2) is 4.98 Å². The van der Waals surface area contributed by atoms with Crippen LogP contribution in [-0.2, 0) is 22.5 Å². The van der Waals surface area contributed by atoms with E-state index in [9.17, 15) is 4.79 Å². The van der Waals surface area contributed by atoms with Crippen LogP contribution >= 0.6 is 11.8 Å². The van der Waals surface area contributed by atoms with Gasteiger partial charge in [0.1, 0.15) is 12.4 Å². The topological polar surface area (TPSA) is 68.6 Å². The van der Waals surface area contributed by atoms with Gasteiger partial charge in [-0.2, -0.15) is 0 Å². The van der Waals surface area contributed by atoms with Crippen LogP contribution in [0.3, 0.4) is 0 Å². The third-order valence-electron chi connectivity index (χ3n) is 9.42. The van der Waals surface area contributed by atoms with Crippen LogP contribution in [0.1, 0.15) is 82.3 Å². The summed E-state index contributed by atoms with van der Waals surface area (Å²) in [5.41, 5.74) is 9.74. The summed E-state index contributed by atoms with van der Waals surface area (Å²) < 4.78 is 13.8. The summed E-state index contributed by atoms with van der Waals surface area (Å²) in [7, 11) is 0. The molecule has 5 rings (SSSR count). The second-order valence-electron chi connectivity index (χ2n) is 14.2. The molecule has 4 aromatic rings. The van der Waals surface area contributed by atoms with E-state index >= 15 is 0 Å². The Bertz CT molecular complexity index is 1780. The molecule has 1 aliphatic heterocycles. The highest BCUT2D eigenvalue weighted by Gasteiger charge is 2.20. The maximum atomic E-state index is 13.8. The summed E-state index contributed by atoms with van der Waals surface area (Å²) in [6.07, 6.45) is 10.0. The van der Waals surface area contributed by atoms with Crippen LogP contribution in [0.15, 0.2) is 77.5 Å². The molecule has 0 radical (unpaired) electrons. The second kappa shape index (κ2) is 19.7. The van der Waals surface area contributed by atoms with E-state index in [4.69, 9.17) is 9.47 Å². The van der Waals surface area contributed by atoms with Gasteiger partial charge in [0.15, 0.2) is 0 Å². The van der Waals surface area contributed by atoms with Crippen molar-refractivity contribution >= 4 is 35.1 Å². The summed E-state index contributed by atoms with van der Waals surface area (Å²) in [5.74, 6) is 2.32. The van der Waals surface area contributed by atoms with Crippen molar-refractivity contribution in [2.24, 2.45) is 5.92 Å². The Labute approximate surface area is 316 Å². The number of amides is 1. The number of imidazole rings is 1. The predicted octanol–water partition coefficient (Wildman–Crippen LogP) is 10.4. The molecule has 0 atom stereocenters. The molecule has 52 heavy (non-hydrogen) atoms. The Morgan fingerprint density at radius 1 is 0.962 bits per heavy atom. The van der Waals surface area contributed by atoms with Crippen LogP contribution < -0.4 is 15.0 Å². The molecular weight excluding hydrogens is 665 g/mol. The molecule has 7 nitrogen and oxygen atoms in total. The smallest absolute Gasteiger partial charge is 0.251 e. The van der Waals surface area contributed by atoms with Crippen molar-refractivity contribution in [2.45, 2.75) is 91.5 Å². The van der Waals surface area contributed by atoms with Gasteiger partial charge in [0, 0.05) is 59.5 Å². The van der Waals surface area contributed by atoms with E-state index in [-0.39, 0.29) is 5.91 Å². The molecule has 0 spiro atoms.